The second-order valence-corrected chi connectivity index (χ2v) is 4.73. The van der Waals surface area contributed by atoms with E-state index in [2.05, 4.69) is 17.0 Å². The van der Waals surface area contributed by atoms with E-state index < -0.39 is 16.9 Å². The van der Waals surface area contributed by atoms with Crippen LogP contribution in [0, 0.1) is 6.92 Å². The maximum Gasteiger partial charge on any atom is 0.419 e. The van der Waals surface area contributed by atoms with Crippen molar-refractivity contribution in [3.05, 3.63) is 40.6 Å². The lowest BCUT2D eigenvalue weighted by molar-refractivity contribution is -0.137. The number of nitrogens with one attached hydrogen (secondary N) is 1. The Hall–Kier alpha value is -2.35. The van der Waals surface area contributed by atoms with Gasteiger partial charge in [0.15, 0.2) is 0 Å². The maximum absolute atomic E-state index is 12.6. The van der Waals surface area contributed by atoms with Crippen molar-refractivity contribution in [3.8, 4) is 11.8 Å². The fourth-order valence-corrected chi connectivity index (χ4v) is 2.11. The molecule has 2 rings (SSSR count). The average molecular weight is 334 g/mol. The molecule has 0 atom stereocenters. The largest absolute Gasteiger partial charge is 0.493 e. The molecule has 0 aliphatic carbocycles. The molecule has 0 aliphatic rings. The Morgan fingerprint density at radius 3 is 2.41 bits per heavy atom. The minimum absolute atomic E-state index is 0.0887. The van der Waals surface area contributed by atoms with Gasteiger partial charge in [0.25, 0.3) is 0 Å². The molecule has 22 heavy (non-hydrogen) atoms. The third-order valence-corrected chi connectivity index (χ3v) is 3.28. The predicted octanol–water partition coefficient (Wildman–Crippen LogP) is 3.79. The summed E-state index contributed by atoms with van der Waals surface area (Å²) in [5.74, 6) is -0.776. The van der Waals surface area contributed by atoms with E-state index in [0.29, 0.717) is 5.56 Å². The van der Waals surface area contributed by atoms with Crippen LogP contribution in [0.25, 0.3) is 6.08 Å². The minimum atomic E-state index is -4.62. The molecule has 2 aromatic rings. The first-order valence-corrected chi connectivity index (χ1v) is 6.31. The fourth-order valence-electron chi connectivity index (χ4n) is 1.85. The molecule has 2 heterocycles. The number of hydrogen-bond acceptors (Lipinski definition) is 4. The predicted molar refractivity (Wildman–Crippen MR) is 75.9 cm³/mol. The number of pyridine rings is 1. The molecule has 0 saturated carbocycles. The van der Waals surface area contributed by atoms with Crippen LogP contribution in [0.15, 0.2) is 18.7 Å². The van der Waals surface area contributed by atoms with Gasteiger partial charge in [0, 0.05) is 11.1 Å². The van der Waals surface area contributed by atoms with Crippen LogP contribution >= 0.6 is 11.6 Å². The van der Waals surface area contributed by atoms with Crippen molar-refractivity contribution in [2.75, 3.05) is 5.43 Å². The van der Waals surface area contributed by atoms with Crippen molar-refractivity contribution in [3.63, 3.8) is 0 Å². The number of aromatic hydroxyl groups is 2. The average Bonchev–Trinajstić information content (AvgIpc) is 2.61. The summed E-state index contributed by atoms with van der Waals surface area (Å²) in [6.07, 6.45) is -3.29. The first-order valence-electron chi connectivity index (χ1n) is 5.93. The fraction of sp³-hybridized carbons (Fsp3) is 0.154. The lowest BCUT2D eigenvalue weighted by atomic mass is 10.2. The molecular formula is C13H11ClF3N3O2. The summed E-state index contributed by atoms with van der Waals surface area (Å²) >= 11 is 5.50. The zero-order chi connectivity index (χ0) is 16.7. The van der Waals surface area contributed by atoms with E-state index in [-0.39, 0.29) is 23.1 Å². The second kappa shape index (κ2) is 5.45. The number of anilines is 1. The van der Waals surface area contributed by atoms with Crippen molar-refractivity contribution in [1.29, 1.82) is 0 Å². The Morgan fingerprint density at radius 1 is 1.32 bits per heavy atom. The van der Waals surface area contributed by atoms with Crippen LogP contribution in [0.5, 0.6) is 11.8 Å². The Labute approximate surface area is 128 Å². The Bertz CT molecular complexity index is 741. The van der Waals surface area contributed by atoms with E-state index in [9.17, 15) is 23.4 Å². The van der Waals surface area contributed by atoms with Crippen molar-refractivity contribution in [2.45, 2.75) is 13.1 Å². The Kier molecular flexibility index (Phi) is 3.97. The Balaban J connectivity index is 2.41. The molecule has 0 aromatic carbocycles. The molecule has 0 saturated heterocycles. The number of alkyl halides is 3. The van der Waals surface area contributed by atoms with E-state index in [1.807, 2.05) is 0 Å². The van der Waals surface area contributed by atoms with Gasteiger partial charge in [-0.2, -0.15) is 17.8 Å². The minimum Gasteiger partial charge on any atom is -0.493 e. The number of nitrogens with zero attached hydrogens (tertiary/aromatic N) is 2. The van der Waals surface area contributed by atoms with Crippen LogP contribution in [-0.2, 0) is 6.18 Å². The van der Waals surface area contributed by atoms with Crippen LogP contribution in [0.3, 0.4) is 0 Å². The van der Waals surface area contributed by atoms with E-state index in [1.165, 1.54) is 13.0 Å². The summed E-state index contributed by atoms with van der Waals surface area (Å²) in [4.78, 5) is 3.55. The summed E-state index contributed by atoms with van der Waals surface area (Å²) in [6.45, 7) is 5.03. The lowest BCUT2D eigenvalue weighted by Crippen LogP contribution is -2.12. The van der Waals surface area contributed by atoms with Gasteiger partial charge < -0.3 is 10.2 Å². The van der Waals surface area contributed by atoms with Crippen LogP contribution in [0.2, 0.25) is 5.15 Å². The van der Waals surface area contributed by atoms with E-state index in [4.69, 9.17) is 11.6 Å². The molecule has 0 radical (unpaired) electrons. The van der Waals surface area contributed by atoms with Gasteiger partial charge in [0.1, 0.15) is 11.0 Å². The van der Waals surface area contributed by atoms with Crippen molar-refractivity contribution in [2.24, 2.45) is 0 Å². The molecule has 9 heteroatoms. The van der Waals surface area contributed by atoms with Gasteiger partial charge in [-0.1, -0.05) is 24.3 Å². The summed E-state index contributed by atoms with van der Waals surface area (Å²) in [6, 6.07) is 1.77. The number of aromatic nitrogens is 2. The molecule has 0 bridgehead atoms. The van der Waals surface area contributed by atoms with Crippen LogP contribution in [-0.4, -0.2) is 19.9 Å². The van der Waals surface area contributed by atoms with Gasteiger partial charge in [-0.15, -0.1) is 0 Å². The van der Waals surface area contributed by atoms with E-state index in [0.717, 1.165) is 16.8 Å². The molecule has 3 N–H and O–H groups in total. The zero-order valence-corrected chi connectivity index (χ0v) is 12.0. The normalized spacial score (nSPS) is 11.5. The SMILES string of the molecule is C=Cc1c(C)c(O)n(Nc2ccc(C(F)(F)F)c(Cl)n2)c1O. The van der Waals surface area contributed by atoms with Gasteiger partial charge in [0.2, 0.25) is 11.8 Å². The van der Waals surface area contributed by atoms with Gasteiger partial charge in [-0.3, -0.25) is 5.43 Å². The summed E-state index contributed by atoms with van der Waals surface area (Å²) in [5, 5.41) is 19.1. The van der Waals surface area contributed by atoms with Crippen molar-refractivity contribution >= 4 is 23.5 Å². The first kappa shape index (κ1) is 16.0. The van der Waals surface area contributed by atoms with Crippen LogP contribution in [0.4, 0.5) is 19.0 Å². The summed E-state index contributed by atoms with van der Waals surface area (Å²) in [7, 11) is 0. The number of halogens is 4. The first-order chi connectivity index (χ1) is 10.2. The molecule has 5 nitrogen and oxygen atoms in total. The molecule has 0 amide bonds. The van der Waals surface area contributed by atoms with Gasteiger partial charge in [0.05, 0.1) is 5.56 Å². The monoisotopic (exact) mass is 333 g/mol. The molecule has 0 unspecified atom stereocenters. The van der Waals surface area contributed by atoms with Gasteiger partial charge in [-0.25, -0.2) is 4.98 Å². The molecule has 0 aliphatic heterocycles. The van der Waals surface area contributed by atoms with Crippen molar-refractivity contribution in [1.82, 2.24) is 9.66 Å². The second-order valence-electron chi connectivity index (χ2n) is 4.37. The molecule has 0 spiro atoms. The topological polar surface area (TPSA) is 70.3 Å². The summed E-state index contributed by atoms with van der Waals surface area (Å²) < 4.78 is 38.6. The van der Waals surface area contributed by atoms with Gasteiger partial charge >= 0.3 is 6.18 Å². The van der Waals surface area contributed by atoms with Crippen LogP contribution in [0.1, 0.15) is 16.7 Å². The Morgan fingerprint density at radius 2 is 1.95 bits per heavy atom. The number of hydrogen-bond donors (Lipinski definition) is 3. The lowest BCUT2D eigenvalue weighted by Gasteiger charge is -2.12. The molecular weight excluding hydrogens is 323 g/mol. The van der Waals surface area contributed by atoms with Crippen LogP contribution < -0.4 is 5.43 Å². The highest BCUT2D eigenvalue weighted by atomic mass is 35.5. The zero-order valence-electron chi connectivity index (χ0n) is 11.2. The summed E-state index contributed by atoms with van der Waals surface area (Å²) in [5.41, 5.74) is 2.01. The van der Waals surface area contributed by atoms with Crippen molar-refractivity contribution < 1.29 is 23.4 Å². The quantitative estimate of drug-likeness (QED) is 0.747. The third-order valence-electron chi connectivity index (χ3n) is 2.99. The molecule has 0 fully saturated rings. The van der Waals surface area contributed by atoms with E-state index >= 15 is 0 Å². The maximum atomic E-state index is 12.6. The number of rotatable bonds is 3. The van der Waals surface area contributed by atoms with E-state index in [1.54, 1.807) is 0 Å². The highest BCUT2D eigenvalue weighted by Gasteiger charge is 2.34. The molecule has 2 aromatic heterocycles. The molecule has 118 valence electrons. The smallest absolute Gasteiger partial charge is 0.419 e. The highest BCUT2D eigenvalue weighted by Crippen LogP contribution is 2.36. The standard InChI is InChI=1S/C13H11ClF3N3O2/c1-3-7-6(2)11(21)20(12(7)22)19-9-5-4-8(10(14)18-9)13(15,16)17/h3-5,21-22H,1H2,2H3,(H,18,19). The van der Waals surface area contributed by atoms with Gasteiger partial charge in [-0.05, 0) is 19.1 Å². The third kappa shape index (κ3) is 2.69. The highest BCUT2D eigenvalue weighted by molar-refractivity contribution is 6.30.